The zero-order valence-corrected chi connectivity index (χ0v) is 14.8. The van der Waals surface area contributed by atoms with Crippen molar-refractivity contribution >= 4 is 15.8 Å². The largest absolute Gasteiger partial charge is 0.381 e. The molecule has 3 rings (SSSR count). The first-order valence-electron chi connectivity index (χ1n) is 8.48. The van der Waals surface area contributed by atoms with Crippen molar-refractivity contribution in [2.24, 2.45) is 10.4 Å². The number of aliphatic imine (C=N–C) groups is 1. The van der Waals surface area contributed by atoms with E-state index in [4.69, 9.17) is 4.74 Å². The molecule has 1 N–H and O–H groups in total. The Kier molecular flexibility index (Phi) is 5.13. The first-order chi connectivity index (χ1) is 11.0. The van der Waals surface area contributed by atoms with E-state index in [1.54, 1.807) is 0 Å². The molecule has 3 heterocycles. The van der Waals surface area contributed by atoms with Crippen LogP contribution in [0, 0.1) is 5.41 Å². The summed E-state index contributed by atoms with van der Waals surface area (Å²) in [6.45, 7) is 6.77. The highest BCUT2D eigenvalue weighted by molar-refractivity contribution is 7.91. The van der Waals surface area contributed by atoms with Crippen molar-refractivity contribution in [1.82, 2.24) is 15.1 Å². The second-order valence-corrected chi connectivity index (χ2v) is 9.25. The summed E-state index contributed by atoms with van der Waals surface area (Å²) in [4.78, 5) is 8.94. The fourth-order valence-electron chi connectivity index (χ4n) is 3.72. The van der Waals surface area contributed by atoms with Crippen LogP contribution in [0.15, 0.2) is 4.99 Å². The smallest absolute Gasteiger partial charge is 0.193 e. The number of sulfone groups is 1. The lowest BCUT2D eigenvalue weighted by molar-refractivity contribution is 0.156. The molecule has 1 unspecified atom stereocenters. The van der Waals surface area contributed by atoms with Crippen LogP contribution in [-0.2, 0) is 14.6 Å². The van der Waals surface area contributed by atoms with Crippen molar-refractivity contribution < 1.29 is 13.2 Å². The zero-order valence-electron chi connectivity index (χ0n) is 14.0. The third kappa shape index (κ3) is 4.16. The van der Waals surface area contributed by atoms with Crippen molar-refractivity contribution in [1.29, 1.82) is 0 Å². The van der Waals surface area contributed by atoms with Crippen molar-refractivity contribution in [3.63, 3.8) is 0 Å². The lowest BCUT2D eigenvalue weighted by Gasteiger charge is -2.28. The Morgan fingerprint density at radius 2 is 2.04 bits per heavy atom. The Balaban J connectivity index is 1.42. The van der Waals surface area contributed by atoms with Crippen LogP contribution in [0.1, 0.15) is 12.8 Å². The summed E-state index contributed by atoms with van der Waals surface area (Å²) >= 11 is 0. The average molecular weight is 344 g/mol. The average Bonchev–Trinajstić information content (AvgIpc) is 3.16. The minimum Gasteiger partial charge on any atom is -0.381 e. The minimum atomic E-state index is -2.79. The fourth-order valence-corrected chi connectivity index (χ4v) is 5.00. The van der Waals surface area contributed by atoms with Crippen LogP contribution in [0.25, 0.3) is 0 Å². The number of nitrogens with zero attached hydrogens (tertiary/aromatic N) is 3. The molecule has 0 bridgehead atoms. The van der Waals surface area contributed by atoms with E-state index in [1.165, 1.54) is 6.42 Å². The van der Waals surface area contributed by atoms with Crippen LogP contribution in [0.3, 0.4) is 0 Å². The monoisotopic (exact) mass is 344 g/mol. The lowest BCUT2D eigenvalue weighted by atomic mass is 9.87. The normalized spacial score (nSPS) is 31.9. The molecule has 23 heavy (non-hydrogen) atoms. The molecule has 0 aromatic carbocycles. The summed E-state index contributed by atoms with van der Waals surface area (Å²) < 4.78 is 28.5. The molecule has 0 aromatic rings. The molecular weight excluding hydrogens is 316 g/mol. The molecule has 3 aliphatic heterocycles. The third-order valence-electron chi connectivity index (χ3n) is 5.28. The van der Waals surface area contributed by atoms with E-state index in [9.17, 15) is 8.42 Å². The van der Waals surface area contributed by atoms with Gasteiger partial charge in [0.15, 0.2) is 15.8 Å². The maximum Gasteiger partial charge on any atom is 0.193 e. The van der Waals surface area contributed by atoms with Gasteiger partial charge < -0.3 is 15.0 Å². The van der Waals surface area contributed by atoms with Crippen LogP contribution >= 0.6 is 0 Å². The van der Waals surface area contributed by atoms with Gasteiger partial charge in [0.1, 0.15) is 0 Å². The second kappa shape index (κ2) is 6.94. The van der Waals surface area contributed by atoms with Crippen LogP contribution in [0.4, 0.5) is 0 Å². The Morgan fingerprint density at radius 1 is 1.26 bits per heavy atom. The highest BCUT2D eigenvalue weighted by Gasteiger charge is 2.42. The molecular formula is C15H28N4O3S. The van der Waals surface area contributed by atoms with Gasteiger partial charge in [0.25, 0.3) is 0 Å². The van der Waals surface area contributed by atoms with Gasteiger partial charge in [-0.15, -0.1) is 0 Å². The Hall–Kier alpha value is -0.860. The summed E-state index contributed by atoms with van der Waals surface area (Å²) in [6, 6.07) is 0. The van der Waals surface area contributed by atoms with Gasteiger partial charge >= 0.3 is 0 Å². The van der Waals surface area contributed by atoms with Crippen molar-refractivity contribution in [3.05, 3.63) is 0 Å². The molecule has 0 amide bonds. The topological polar surface area (TPSA) is 74.2 Å². The van der Waals surface area contributed by atoms with Crippen molar-refractivity contribution in [2.45, 2.75) is 12.8 Å². The second-order valence-electron chi connectivity index (χ2n) is 6.94. The summed E-state index contributed by atoms with van der Waals surface area (Å²) in [5.74, 6) is 1.53. The quantitative estimate of drug-likeness (QED) is 0.545. The van der Waals surface area contributed by atoms with Gasteiger partial charge in [-0.05, 0) is 12.8 Å². The molecule has 3 fully saturated rings. The molecule has 0 aromatic heterocycles. The zero-order chi connectivity index (χ0) is 16.3. The maximum absolute atomic E-state index is 11.4. The van der Waals surface area contributed by atoms with Gasteiger partial charge in [-0.3, -0.25) is 9.89 Å². The molecule has 3 aliphatic rings. The van der Waals surface area contributed by atoms with Gasteiger partial charge in [0.2, 0.25) is 0 Å². The van der Waals surface area contributed by atoms with E-state index < -0.39 is 9.84 Å². The molecule has 0 saturated carbocycles. The molecule has 3 saturated heterocycles. The van der Waals surface area contributed by atoms with Crippen molar-refractivity contribution in [2.75, 3.05) is 71.0 Å². The summed E-state index contributed by atoms with van der Waals surface area (Å²) in [5.41, 5.74) is 0.332. The molecule has 132 valence electrons. The van der Waals surface area contributed by atoms with Gasteiger partial charge in [-0.1, -0.05) is 0 Å². The number of guanidine groups is 1. The van der Waals surface area contributed by atoms with Gasteiger partial charge in [-0.25, -0.2) is 8.42 Å². The third-order valence-corrected chi connectivity index (χ3v) is 6.89. The number of hydrogen-bond donors (Lipinski definition) is 1. The molecule has 1 spiro atoms. The summed E-state index contributed by atoms with van der Waals surface area (Å²) in [7, 11) is -0.968. The minimum absolute atomic E-state index is 0.288. The molecule has 0 radical (unpaired) electrons. The maximum atomic E-state index is 11.4. The molecule has 7 nitrogen and oxygen atoms in total. The van der Waals surface area contributed by atoms with E-state index in [-0.39, 0.29) is 11.5 Å². The predicted octanol–water partition coefficient (Wildman–Crippen LogP) is -0.595. The SMILES string of the molecule is CN=C(NCCN1CCS(=O)(=O)CC1)N1CCC2(CCOC2)C1. The van der Waals surface area contributed by atoms with E-state index in [0.29, 0.717) is 18.5 Å². The first kappa shape index (κ1) is 17.0. The van der Waals surface area contributed by atoms with Crippen LogP contribution in [0.2, 0.25) is 0 Å². The number of likely N-dealkylation sites (tertiary alicyclic amines) is 1. The van der Waals surface area contributed by atoms with E-state index in [1.807, 2.05) is 7.05 Å². The van der Waals surface area contributed by atoms with E-state index in [0.717, 1.165) is 51.8 Å². The lowest BCUT2D eigenvalue weighted by Crippen LogP contribution is -2.47. The number of rotatable bonds is 3. The highest BCUT2D eigenvalue weighted by Crippen LogP contribution is 2.38. The van der Waals surface area contributed by atoms with Gasteiger partial charge in [-0.2, -0.15) is 0 Å². The number of nitrogens with one attached hydrogen (secondary N) is 1. The van der Waals surface area contributed by atoms with Crippen molar-refractivity contribution in [3.8, 4) is 0 Å². The van der Waals surface area contributed by atoms with E-state index >= 15 is 0 Å². The standard InChI is InChI=1S/C15H28N4O3S/c1-16-14(19-5-2-15(12-19)3-9-22-13-15)17-4-6-18-7-10-23(20,21)11-8-18/h2-13H2,1H3,(H,16,17). The van der Waals surface area contributed by atoms with E-state index in [2.05, 4.69) is 20.1 Å². The predicted molar refractivity (Wildman–Crippen MR) is 90.5 cm³/mol. The van der Waals surface area contributed by atoms with Gasteiger partial charge in [0.05, 0.1) is 18.1 Å². The Bertz CT molecular complexity index is 529. The van der Waals surface area contributed by atoms with Crippen LogP contribution < -0.4 is 5.32 Å². The van der Waals surface area contributed by atoms with Crippen LogP contribution in [0.5, 0.6) is 0 Å². The molecule has 1 atom stereocenters. The first-order valence-corrected chi connectivity index (χ1v) is 10.3. The number of ether oxygens (including phenoxy) is 1. The highest BCUT2D eigenvalue weighted by atomic mass is 32.2. The fraction of sp³-hybridized carbons (Fsp3) is 0.933. The molecule has 8 heteroatoms. The Labute approximate surface area is 139 Å². The number of hydrogen-bond acceptors (Lipinski definition) is 5. The van der Waals surface area contributed by atoms with Gasteiger partial charge in [0, 0.05) is 58.3 Å². The molecule has 0 aliphatic carbocycles. The summed E-state index contributed by atoms with van der Waals surface area (Å²) in [5, 5.41) is 3.43. The Morgan fingerprint density at radius 3 is 2.70 bits per heavy atom. The summed E-state index contributed by atoms with van der Waals surface area (Å²) in [6.07, 6.45) is 2.33. The van der Waals surface area contributed by atoms with Crippen LogP contribution in [-0.4, -0.2) is 95.2 Å².